The van der Waals surface area contributed by atoms with E-state index in [0.29, 0.717) is 50.2 Å². The van der Waals surface area contributed by atoms with Crippen molar-refractivity contribution in [2.24, 2.45) is 27.3 Å². The van der Waals surface area contributed by atoms with Crippen molar-refractivity contribution >= 4 is 17.5 Å². The highest BCUT2D eigenvalue weighted by Gasteiger charge is 2.35. The van der Waals surface area contributed by atoms with Gasteiger partial charge in [0.15, 0.2) is 11.6 Å². The van der Waals surface area contributed by atoms with Crippen LogP contribution < -0.4 is 10.1 Å². The predicted molar refractivity (Wildman–Crippen MR) is 124 cm³/mol. The molecule has 0 aromatic heterocycles. The first-order chi connectivity index (χ1) is 16.4. The van der Waals surface area contributed by atoms with Crippen molar-refractivity contribution in [3.05, 3.63) is 29.6 Å². The lowest BCUT2D eigenvalue weighted by molar-refractivity contribution is -0.136. The number of nitrogens with zero attached hydrogens (tertiary/aromatic N) is 3. The number of imide groups is 1. The average molecular weight is 473 g/mol. The van der Waals surface area contributed by atoms with Gasteiger partial charge >= 0.3 is 0 Å². The van der Waals surface area contributed by atoms with Crippen molar-refractivity contribution in [3.63, 3.8) is 0 Å². The monoisotopic (exact) mass is 472 g/mol. The van der Waals surface area contributed by atoms with E-state index in [4.69, 9.17) is 4.74 Å². The van der Waals surface area contributed by atoms with Crippen molar-refractivity contribution in [2.45, 2.75) is 82.8 Å². The van der Waals surface area contributed by atoms with Gasteiger partial charge in [-0.05, 0) is 73.8 Å². The van der Waals surface area contributed by atoms with Crippen molar-refractivity contribution in [1.29, 1.82) is 0 Å². The summed E-state index contributed by atoms with van der Waals surface area (Å²) in [5.74, 6) is -0.244. The molecule has 1 saturated carbocycles. The molecule has 8 nitrogen and oxygen atoms in total. The van der Waals surface area contributed by atoms with Crippen LogP contribution in [0, 0.1) is 17.7 Å². The Balaban J connectivity index is 1.31. The topological polar surface area (TPSA) is 113 Å². The van der Waals surface area contributed by atoms with Gasteiger partial charge in [0.2, 0.25) is 11.8 Å². The lowest BCUT2D eigenvalue weighted by Crippen LogP contribution is -2.40. The summed E-state index contributed by atoms with van der Waals surface area (Å²) in [6.45, 7) is 2.38. The van der Waals surface area contributed by atoms with Crippen LogP contribution in [0.15, 0.2) is 33.6 Å². The first-order valence-electron chi connectivity index (χ1n) is 12.3. The number of amides is 2. The van der Waals surface area contributed by atoms with Gasteiger partial charge in [-0.3, -0.25) is 14.9 Å². The number of benzene rings is 1. The summed E-state index contributed by atoms with van der Waals surface area (Å²) in [7, 11) is 0. The predicted octanol–water partition coefficient (Wildman–Crippen LogP) is 4.41. The molecule has 1 aromatic rings. The molecule has 184 valence electrons. The number of ether oxygens (including phenoxy) is 1. The van der Waals surface area contributed by atoms with Crippen LogP contribution in [-0.4, -0.2) is 35.3 Å². The van der Waals surface area contributed by atoms with E-state index in [0.717, 1.165) is 37.8 Å². The van der Waals surface area contributed by atoms with Gasteiger partial charge in [-0.1, -0.05) is 19.4 Å². The summed E-state index contributed by atoms with van der Waals surface area (Å²) in [6.07, 6.45) is 7.00. The second kappa shape index (κ2) is 10.7. The van der Waals surface area contributed by atoms with Gasteiger partial charge in [-0.2, -0.15) is 5.11 Å². The molecule has 4 rings (SSSR count). The van der Waals surface area contributed by atoms with Gasteiger partial charge in [-0.15, -0.1) is 5.10 Å². The Hall–Kier alpha value is -2.68. The third-order valence-corrected chi connectivity index (χ3v) is 7.09. The number of hydrogen-bond acceptors (Lipinski definition) is 7. The van der Waals surface area contributed by atoms with Crippen LogP contribution in [0.4, 0.5) is 4.39 Å². The third-order valence-electron chi connectivity index (χ3n) is 7.09. The zero-order valence-electron chi connectivity index (χ0n) is 19.6. The molecule has 2 heterocycles. The van der Waals surface area contributed by atoms with Crippen LogP contribution in [0.1, 0.15) is 76.7 Å². The molecule has 2 N–H and O–H groups in total. The number of halogens is 1. The van der Waals surface area contributed by atoms with Gasteiger partial charge in [-0.25, -0.2) is 4.39 Å². The molecule has 0 radical (unpaired) electrons. The van der Waals surface area contributed by atoms with E-state index >= 15 is 0 Å². The summed E-state index contributed by atoms with van der Waals surface area (Å²) in [4.78, 5) is 23.2. The highest BCUT2D eigenvalue weighted by Crippen LogP contribution is 2.36. The van der Waals surface area contributed by atoms with Crippen molar-refractivity contribution in [1.82, 2.24) is 5.32 Å². The number of nitrogens with one attached hydrogen (secondary N) is 1. The minimum atomic E-state index is -1.22. The van der Waals surface area contributed by atoms with Crippen LogP contribution in [0.3, 0.4) is 0 Å². The zero-order valence-corrected chi connectivity index (χ0v) is 19.6. The quantitative estimate of drug-likeness (QED) is 0.347. The molecule has 0 bridgehead atoms. The Kier molecular flexibility index (Phi) is 7.70. The van der Waals surface area contributed by atoms with Crippen molar-refractivity contribution in [3.8, 4) is 5.75 Å². The number of hydrogen-bond donors (Lipinski definition) is 2. The summed E-state index contributed by atoms with van der Waals surface area (Å²) < 4.78 is 19.9. The fraction of sp³-hybridized carbons (Fsp3) is 0.640. The molecule has 2 fully saturated rings. The summed E-state index contributed by atoms with van der Waals surface area (Å²) in [6, 6.07) is 4.20. The molecule has 9 heteroatoms. The van der Waals surface area contributed by atoms with E-state index in [2.05, 4.69) is 20.8 Å². The molecule has 2 amide bonds. The fourth-order valence-electron chi connectivity index (χ4n) is 4.55. The van der Waals surface area contributed by atoms with Crippen molar-refractivity contribution in [2.75, 3.05) is 6.61 Å². The van der Waals surface area contributed by atoms with Crippen LogP contribution >= 0.6 is 0 Å². The zero-order chi connectivity index (χ0) is 24.1. The van der Waals surface area contributed by atoms with Gasteiger partial charge in [0.25, 0.3) is 0 Å². The average Bonchev–Trinajstić information content (AvgIpc) is 3.55. The number of piperidine rings is 1. The van der Waals surface area contributed by atoms with Crippen LogP contribution in [0.25, 0.3) is 0 Å². The third kappa shape index (κ3) is 6.05. The standard InChI is InChI=1S/C25H33FN4O4/c1-2-25(33,18-10-11-19(26)22(13-18)34-15-16-7-8-16)14-21-20(28-30-29-21)6-4-3-5-17-9-12-23(31)27-24(17)32/h10-11,13,16-17,21,33H,2-9,12,14-15H2,1H3,(H,27,31,32). The molecule has 1 saturated heterocycles. The van der Waals surface area contributed by atoms with Crippen LogP contribution in [-0.2, 0) is 15.2 Å². The van der Waals surface area contributed by atoms with E-state index in [-0.39, 0.29) is 29.5 Å². The van der Waals surface area contributed by atoms with Gasteiger partial charge in [0.1, 0.15) is 6.04 Å². The van der Waals surface area contributed by atoms with Crippen molar-refractivity contribution < 1.29 is 23.8 Å². The minimum Gasteiger partial charge on any atom is -0.490 e. The molecule has 1 aromatic carbocycles. The van der Waals surface area contributed by atoms with Crippen LogP contribution in [0.2, 0.25) is 0 Å². The first-order valence-corrected chi connectivity index (χ1v) is 12.3. The smallest absolute Gasteiger partial charge is 0.229 e. The number of rotatable bonds is 12. The minimum absolute atomic E-state index is 0.117. The Morgan fingerprint density at radius 3 is 2.79 bits per heavy atom. The molecule has 3 aliphatic rings. The van der Waals surface area contributed by atoms with E-state index in [1.54, 1.807) is 12.1 Å². The normalized spacial score (nSPS) is 24.0. The SMILES string of the molecule is CCC(O)(CC1N=NN=C1CCCCC1CCC(=O)NC1=O)c1ccc(F)c(OCC2CC2)c1. The lowest BCUT2D eigenvalue weighted by atomic mass is 9.83. The van der Waals surface area contributed by atoms with E-state index < -0.39 is 11.4 Å². The number of carbonyl (C=O) groups is 2. The fourth-order valence-corrected chi connectivity index (χ4v) is 4.55. The maximum Gasteiger partial charge on any atom is 0.229 e. The lowest BCUT2D eigenvalue weighted by Gasteiger charge is -2.29. The van der Waals surface area contributed by atoms with E-state index in [9.17, 15) is 19.1 Å². The maximum atomic E-state index is 14.2. The van der Waals surface area contributed by atoms with Crippen LogP contribution in [0.5, 0.6) is 5.75 Å². The molecule has 0 spiro atoms. The molecule has 3 atom stereocenters. The maximum absolute atomic E-state index is 14.2. The highest BCUT2D eigenvalue weighted by atomic mass is 19.1. The van der Waals surface area contributed by atoms with E-state index in [1.165, 1.54) is 6.07 Å². The largest absolute Gasteiger partial charge is 0.490 e. The summed E-state index contributed by atoms with van der Waals surface area (Å²) in [5, 5.41) is 26.1. The second-order valence-corrected chi connectivity index (χ2v) is 9.69. The second-order valence-electron chi connectivity index (χ2n) is 9.69. The molecule has 34 heavy (non-hydrogen) atoms. The first kappa shape index (κ1) is 24.4. The summed E-state index contributed by atoms with van der Waals surface area (Å²) >= 11 is 0. The molecule has 2 aliphatic heterocycles. The van der Waals surface area contributed by atoms with Gasteiger partial charge < -0.3 is 9.84 Å². The number of unbranched alkanes of at least 4 members (excludes halogenated alkanes) is 1. The van der Waals surface area contributed by atoms with Gasteiger partial charge in [0.05, 0.1) is 17.9 Å². The molecule has 1 aliphatic carbocycles. The Morgan fingerprint density at radius 1 is 1.24 bits per heavy atom. The Bertz CT molecular complexity index is 978. The molecular weight excluding hydrogens is 439 g/mol. The van der Waals surface area contributed by atoms with Gasteiger partial charge in [0, 0.05) is 18.8 Å². The number of carbonyl (C=O) groups excluding carboxylic acids is 2. The summed E-state index contributed by atoms with van der Waals surface area (Å²) in [5.41, 5.74) is 0.191. The molecular formula is C25H33FN4O4. The Labute approximate surface area is 199 Å². The Morgan fingerprint density at radius 2 is 2.06 bits per heavy atom. The van der Waals surface area contributed by atoms with E-state index in [1.807, 2.05) is 6.92 Å². The highest BCUT2D eigenvalue weighted by molar-refractivity contribution is 5.98. The molecule has 3 unspecified atom stereocenters. The number of aliphatic hydroxyl groups is 1.